The highest BCUT2D eigenvalue weighted by atomic mass is 35.5. The molecule has 0 atom stereocenters. The molecule has 7 heteroatoms. The number of rotatable bonds is 6. The van der Waals surface area contributed by atoms with Crippen LogP contribution in [0.5, 0.6) is 0 Å². The zero-order chi connectivity index (χ0) is 12.0. The van der Waals surface area contributed by atoms with E-state index in [2.05, 4.69) is 9.97 Å². The molecule has 0 fully saturated rings. The maximum Gasteiger partial charge on any atom is 0.336 e. The van der Waals surface area contributed by atoms with Crippen LogP contribution in [-0.4, -0.2) is 23.2 Å². The van der Waals surface area contributed by atoms with Crippen molar-refractivity contribution in [2.45, 2.75) is 20.0 Å². The van der Waals surface area contributed by atoms with E-state index < -0.39 is 7.60 Å². The zero-order valence-electron chi connectivity index (χ0n) is 9.22. The van der Waals surface area contributed by atoms with E-state index in [0.717, 1.165) is 0 Å². The fraction of sp³-hybridized carbons (Fsp3) is 0.556. The first-order valence-electron chi connectivity index (χ1n) is 4.94. The van der Waals surface area contributed by atoms with Gasteiger partial charge in [0.2, 0.25) is 0 Å². The lowest BCUT2D eigenvalue weighted by Gasteiger charge is -2.16. The first-order chi connectivity index (χ1) is 7.59. The van der Waals surface area contributed by atoms with Gasteiger partial charge in [0.1, 0.15) is 11.5 Å². The smallest absolute Gasteiger partial charge is 0.309 e. The molecule has 1 rings (SSSR count). The van der Waals surface area contributed by atoms with Gasteiger partial charge in [0, 0.05) is 0 Å². The quantitative estimate of drug-likeness (QED) is 0.584. The molecule has 0 saturated heterocycles. The summed E-state index contributed by atoms with van der Waals surface area (Å²) in [5.41, 5.74) is 0.547. The molecule has 0 amide bonds. The number of halogens is 1. The van der Waals surface area contributed by atoms with Crippen LogP contribution in [-0.2, 0) is 19.8 Å². The Labute approximate surface area is 99.7 Å². The predicted molar refractivity (Wildman–Crippen MR) is 61.6 cm³/mol. The van der Waals surface area contributed by atoms with E-state index in [0.29, 0.717) is 24.1 Å². The Bertz CT molecular complexity index is 379. The third kappa shape index (κ3) is 4.18. The predicted octanol–water partition coefficient (Wildman–Crippen LogP) is 2.90. The average Bonchev–Trinajstić information content (AvgIpc) is 2.17. The molecule has 1 heterocycles. The highest BCUT2D eigenvalue weighted by Crippen LogP contribution is 2.50. The summed E-state index contributed by atoms with van der Waals surface area (Å²) in [6.07, 6.45) is 1.43. The van der Waals surface area contributed by atoms with Gasteiger partial charge in [0.25, 0.3) is 0 Å². The van der Waals surface area contributed by atoms with E-state index in [1.165, 1.54) is 6.33 Å². The van der Waals surface area contributed by atoms with Crippen molar-refractivity contribution >= 4 is 19.2 Å². The number of hydrogen-bond acceptors (Lipinski definition) is 5. The van der Waals surface area contributed by atoms with Gasteiger partial charge in [-0.25, -0.2) is 9.97 Å². The third-order valence-corrected chi connectivity index (χ3v) is 3.92. The largest absolute Gasteiger partial charge is 0.336 e. The van der Waals surface area contributed by atoms with Gasteiger partial charge in [-0.2, -0.15) is 0 Å². The lowest BCUT2D eigenvalue weighted by Crippen LogP contribution is -2.00. The average molecular weight is 265 g/mol. The molecule has 5 nitrogen and oxygen atoms in total. The number of aromatic nitrogens is 2. The lowest BCUT2D eigenvalue weighted by molar-refractivity contribution is 0.219. The van der Waals surface area contributed by atoms with Crippen LogP contribution in [0.25, 0.3) is 0 Å². The fourth-order valence-electron chi connectivity index (χ4n) is 1.18. The minimum absolute atomic E-state index is 0.108. The van der Waals surface area contributed by atoms with Crippen LogP contribution in [0.3, 0.4) is 0 Å². The van der Waals surface area contributed by atoms with Gasteiger partial charge < -0.3 is 9.05 Å². The van der Waals surface area contributed by atoms with Crippen LogP contribution in [0.1, 0.15) is 19.5 Å². The summed E-state index contributed by atoms with van der Waals surface area (Å²) in [5.74, 6) is 0. The molecule has 0 aliphatic carbocycles. The monoisotopic (exact) mass is 264 g/mol. The SMILES string of the molecule is CCOP(=O)(Cc1cc(Cl)ncn1)OCC. The summed E-state index contributed by atoms with van der Waals surface area (Å²) in [4.78, 5) is 7.71. The number of hydrogen-bond donors (Lipinski definition) is 0. The molecule has 0 aliphatic rings. The summed E-state index contributed by atoms with van der Waals surface area (Å²) in [6, 6.07) is 1.55. The van der Waals surface area contributed by atoms with E-state index in [-0.39, 0.29) is 6.16 Å². The second-order valence-electron chi connectivity index (χ2n) is 2.94. The minimum atomic E-state index is -3.11. The van der Waals surface area contributed by atoms with Gasteiger partial charge in [-0.05, 0) is 19.9 Å². The standard InChI is InChI=1S/C9H14ClN2O3P/c1-3-14-16(13,15-4-2)6-8-5-9(10)12-7-11-8/h5,7H,3-4,6H2,1-2H3. The Balaban J connectivity index is 2.79. The van der Waals surface area contributed by atoms with Crippen molar-refractivity contribution in [1.29, 1.82) is 0 Å². The molecule has 0 spiro atoms. The van der Waals surface area contributed by atoms with E-state index in [1.807, 2.05) is 0 Å². The third-order valence-electron chi connectivity index (χ3n) is 1.70. The van der Waals surface area contributed by atoms with Gasteiger partial charge in [-0.15, -0.1) is 0 Å². The van der Waals surface area contributed by atoms with E-state index in [4.69, 9.17) is 20.6 Å². The van der Waals surface area contributed by atoms with Crippen LogP contribution in [0.2, 0.25) is 5.15 Å². The topological polar surface area (TPSA) is 61.3 Å². The van der Waals surface area contributed by atoms with E-state index in [9.17, 15) is 4.57 Å². The van der Waals surface area contributed by atoms with Gasteiger partial charge in [0.15, 0.2) is 0 Å². The summed E-state index contributed by atoms with van der Waals surface area (Å²) in [7, 11) is -3.11. The first kappa shape index (κ1) is 13.6. The Hall–Kier alpha value is -0.480. The second kappa shape index (κ2) is 6.30. The molecule has 0 aromatic carbocycles. The molecule has 1 aromatic heterocycles. The summed E-state index contributed by atoms with van der Waals surface area (Å²) >= 11 is 5.71. The Morgan fingerprint density at radius 3 is 2.44 bits per heavy atom. The first-order valence-corrected chi connectivity index (χ1v) is 7.04. The Morgan fingerprint density at radius 1 is 1.31 bits per heavy atom. The van der Waals surface area contributed by atoms with E-state index >= 15 is 0 Å². The number of nitrogens with zero attached hydrogens (tertiary/aromatic N) is 2. The molecule has 0 radical (unpaired) electrons. The second-order valence-corrected chi connectivity index (χ2v) is 5.38. The minimum Gasteiger partial charge on any atom is -0.309 e. The maximum atomic E-state index is 12.1. The van der Waals surface area contributed by atoms with Gasteiger partial charge in [0.05, 0.1) is 25.1 Å². The highest BCUT2D eigenvalue weighted by molar-refractivity contribution is 7.53. The highest BCUT2D eigenvalue weighted by Gasteiger charge is 2.24. The van der Waals surface area contributed by atoms with Crippen molar-refractivity contribution < 1.29 is 13.6 Å². The molecule has 0 aliphatic heterocycles. The van der Waals surface area contributed by atoms with E-state index in [1.54, 1.807) is 19.9 Å². The molecule has 90 valence electrons. The van der Waals surface area contributed by atoms with Crippen molar-refractivity contribution in [3.05, 3.63) is 23.2 Å². The molecule has 0 N–H and O–H groups in total. The van der Waals surface area contributed by atoms with Crippen molar-refractivity contribution in [3.8, 4) is 0 Å². The molecule has 1 aromatic rings. The van der Waals surface area contributed by atoms with Crippen LogP contribution in [0.4, 0.5) is 0 Å². The Morgan fingerprint density at radius 2 is 1.94 bits per heavy atom. The van der Waals surface area contributed by atoms with Gasteiger partial charge >= 0.3 is 7.60 Å². The molecular weight excluding hydrogens is 251 g/mol. The van der Waals surface area contributed by atoms with Crippen LogP contribution < -0.4 is 0 Å². The van der Waals surface area contributed by atoms with Crippen molar-refractivity contribution in [2.75, 3.05) is 13.2 Å². The van der Waals surface area contributed by atoms with Crippen molar-refractivity contribution in [3.63, 3.8) is 0 Å². The molecule has 0 saturated carbocycles. The molecular formula is C9H14ClN2O3P. The summed E-state index contributed by atoms with van der Waals surface area (Å²) in [6.45, 7) is 4.18. The van der Waals surface area contributed by atoms with Gasteiger partial charge in [-0.3, -0.25) is 4.57 Å². The van der Waals surface area contributed by atoms with Crippen LogP contribution in [0.15, 0.2) is 12.4 Å². The van der Waals surface area contributed by atoms with Crippen molar-refractivity contribution in [2.24, 2.45) is 0 Å². The molecule has 0 unspecified atom stereocenters. The van der Waals surface area contributed by atoms with Crippen LogP contribution >= 0.6 is 19.2 Å². The Kier molecular flexibility index (Phi) is 5.35. The normalized spacial score (nSPS) is 11.7. The maximum absolute atomic E-state index is 12.1. The summed E-state index contributed by atoms with van der Waals surface area (Å²) in [5, 5.41) is 0.310. The zero-order valence-corrected chi connectivity index (χ0v) is 10.9. The van der Waals surface area contributed by atoms with Crippen LogP contribution in [0, 0.1) is 0 Å². The van der Waals surface area contributed by atoms with Gasteiger partial charge in [-0.1, -0.05) is 11.6 Å². The van der Waals surface area contributed by atoms with Crippen molar-refractivity contribution in [1.82, 2.24) is 9.97 Å². The molecule has 0 bridgehead atoms. The summed E-state index contributed by atoms with van der Waals surface area (Å²) < 4.78 is 22.4. The molecule has 16 heavy (non-hydrogen) atoms. The lowest BCUT2D eigenvalue weighted by atomic mass is 10.5. The fourth-order valence-corrected chi connectivity index (χ4v) is 2.96.